The van der Waals surface area contributed by atoms with Crippen LogP contribution in [0.4, 0.5) is 0 Å². The first kappa shape index (κ1) is 36.6. The van der Waals surface area contributed by atoms with Crippen LogP contribution >= 0.6 is 15.8 Å². The molecule has 0 unspecified atom stereocenters. The van der Waals surface area contributed by atoms with Gasteiger partial charge >= 0.3 is 37.5 Å². The number of carbonyl (C=O) groups is 1. The van der Waals surface area contributed by atoms with Crippen molar-refractivity contribution in [1.29, 1.82) is 0 Å². The minimum atomic E-state index is -0.833. The normalized spacial score (nSPS) is 14.5. The van der Waals surface area contributed by atoms with Crippen molar-refractivity contribution >= 4 is 43.0 Å². The van der Waals surface area contributed by atoms with Gasteiger partial charge in [-0.3, -0.25) is 4.79 Å². The Morgan fingerprint density at radius 3 is 0.857 bits per heavy atom. The molecular formula is C36H32FeO2P2Pd+4. The van der Waals surface area contributed by atoms with Gasteiger partial charge in [0.1, 0.15) is 0 Å². The Kier molecular flexibility index (Phi) is 17.7. The topological polar surface area (TPSA) is 37.3 Å². The molecule has 0 bridgehead atoms. The van der Waals surface area contributed by atoms with Gasteiger partial charge in [0.2, 0.25) is 0 Å². The van der Waals surface area contributed by atoms with Gasteiger partial charge in [0.25, 0.3) is 5.97 Å². The van der Waals surface area contributed by atoms with Crippen molar-refractivity contribution in [3.05, 3.63) is 184 Å². The van der Waals surface area contributed by atoms with Crippen molar-refractivity contribution in [3.8, 4) is 0 Å². The largest absolute Gasteiger partial charge is 2.00 e. The summed E-state index contributed by atoms with van der Waals surface area (Å²) in [4.78, 5) is 9.00. The van der Waals surface area contributed by atoms with Crippen LogP contribution in [0.25, 0.3) is 0 Å². The predicted molar refractivity (Wildman–Crippen MR) is 172 cm³/mol. The fourth-order valence-electron chi connectivity index (χ4n) is 4.23. The van der Waals surface area contributed by atoms with E-state index in [0.717, 1.165) is 6.92 Å². The maximum absolute atomic E-state index is 9.00. The molecule has 1 N–H and O–H groups in total. The first-order valence-electron chi connectivity index (χ1n) is 13.1. The molecule has 0 spiro atoms. The molecule has 2 aliphatic carbocycles. The summed E-state index contributed by atoms with van der Waals surface area (Å²) in [5.74, 6) is -0.833. The molecule has 4 aromatic rings. The average Bonchev–Trinajstić information content (AvgIpc) is 3.72. The van der Waals surface area contributed by atoms with E-state index >= 15 is 0 Å². The van der Waals surface area contributed by atoms with Gasteiger partial charge in [-0.25, -0.2) is 0 Å². The van der Waals surface area contributed by atoms with Crippen LogP contribution in [0.3, 0.4) is 0 Å². The maximum Gasteiger partial charge on any atom is 2.00 e. The summed E-state index contributed by atoms with van der Waals surface area (Å²) in [6, 6.07) is 43.1. The second-order valence-corrected chi connectivity index (χ2v) is 13.3. The number of benzene rings is 4. The Labute approximate surface area is 279 Å². The summed E-state index contributed by atoms with van der Waals surface area (Å²) in [5, 5.41) is 13.0. The number of rotatable bonds is 6. The molecule has 2 aliphatic rings. The van der Waals surface area contributed by atoms with E-state index in [1.807, 2.05) is 0 Å². The molecule has 6 rings (SSSR count). The van der Waals surface area contributed by atoms with Gasteiger partial charge in [-0.2, -0.15) is 0 Å². The fraction of sp³-hybridized carbons (Fsp3) is 0.0278. The molecule has 42 heavy (non-hydrogen) atoms. The number of carboxylic acids is 1. The number of carboxylic acid groups (broad SMARTS) is 1. The number of hydrogen-bond acceptors (Lipinski definition) is 1. The van der Waals surface area contributed by atoms with E-state index in [1.165, 1.54) is 32.5 Å². The minimum absolute atomic E-state index is 0. The summed E-state index contributed by atoms with van der Waals surface area (Å²) < 4.78 is 0. The van der Waals surface area contributed by atoms with Crippen molar-refractivity contribution in [1.82, 2.24) is 0 Å². The third-order valence-electron chi connectivity index (χ3n) is 5.86. The average molecular weight is 721 g/mol. The van der Waals surface area contributed by atoms with Crippen molar-refractivity contribution in [2.75, 3.05) is 0 Å². The Morgan fingerprint density at radius 2 is 0.667 bits per heavy atom. The van der Waals surface area contributed by atoms with Crippen LogP contribution < -0.4 is 21.2 Å². The van der Waals surface area contributed by atoms with E-state index in [4.69, 9.17) is 9.90 Å². The molecule has 10 radical (unpaired) electrons. The molecule has 6 heteroatoms. The van der Waals surface area contributed by atoms with E-state index in [0.29, 0.717) is 0 Å². The fourth-order valence-corrected chi connectivity index (χ4v) is 8.84. The first-order valence-corrected chi connectivity index (χ1v) is 15.8. The molecule has 2 saturated carbocycles. The third-order valence-corrected chi connectivity index (χ3v) is 10.8. The Morgan fingerprint density at radius 1 is 0.476 bits per heavy atom. The zero-order valence-corrected chi connectivity index (χ0v) is 27.5. The van der Waals surface area contributed by atoms with Crippen LogP contribution in [0.5, 0.6) is 0 Å². The van der Waals surface area contributed by atoms with E-state index < -0.39 is 21.8 Å². The minimum Gasteiger partial charge on any atom is -0.481 e. The first-order chi connectivity index (χ1) is 19.6. The van der Waals surface area contributed by atoms with Gasteiger partial charge in [-0.1, -0.05) is 121 Å². The van der Waals surface area contributed by atoms with Crippen LogP contribution in [0.15, 0.2) is 121 Å². The third kappa shape index (κ3) is 11.5. The second-order valence-electron chi connectivity index (χ2n) is 8.82. The van der Waals surface area contributed by atoms with Crippen LogP contribution in [-0.2, 0) is 42.3 Å². The van der Waals surface area contributed by atoms with Crippen LogP contribution in [-0.4, -0.2) is 11.1 Å². The summed E-state index contributed by atoms with van der Waals surface area (Å²) >= 11 is 0. The standard InChI is InChI=1S/2C17H14P.C2H4O2.Fe.Pd/c2*1-3-9-15(10-4-1)18(17-13-7-8-14-17)16-11-5-2-6-12-16;1-2(3)4;;/h2*1-14H;1H3,(H,3,4);;/q;;;2*+2. The monoisotopic (exact) mass is 720 g/mol. The molecule has 0 saturated heterocycles. The Hall–Kier alpha value is -1.61. The van der Waals surface area contributed by atoms with Gasteiger partial charge in [0, 0.05) is 18.2 Å². The quantitative estimate of drug-likeness (QED) is 0.171. The molecule has 0 amide bonds. The molecule has 0 aliphatic heterocycles. The molecule has 0 aromatic heterocycles. The molecule has 0 atom stereocenters. The summed E-state index contributed by atoms with van der Waals surface area (Å²) in [6.45, 7) is 1.08. The van der Waals surface area contributed by atoms with Crippen molar-refractivity contribution in [2.45, 2.75) is 6.92 Å². The zero-order chi connectivity index (χ0) is 28.0. The Balaban J connectivity index is 0.000000250. The van der Waals surface area contributed by atoms with E-state index in [-0.39, 0.29) is 37.5 Å². The molecule has 4 aromatic carbocycles. The SMILES string of the molecule is CC(=O)O.[CH]1[CH][CH][C](P(c2ccccc2)c2ccccc2)[CH]1.[CH]1[CH][CH][C](P(c2ccccc2)c2ccccc2)[CH]1.[Fe+2].[Pd+2]. The summed E-state index contributed by atoms with van der Waals surface area (Å²) in [6.07, 6.45) is 17.4. The Bertz CT molecular complexity index is 1070. The van der Waals surface area contributed by atoms with Crippen molar-refractivity contribution < 1.29 is 47.4 Å². The van der Waals surface area contributed by atoms with Gasteiger partial charge in [0.15, 0.2) is 0 Å². The van der Waals surface area contributed by atoms with Gasteiger partial charge in [0.05, 0.1) is 0 Å². The van der Waals surface area contributed by atoms with Gasteiger partial charge < -0.3 is 5.11 Å². The smallest absolute Gasteiger partial charge is 0.481 e. The van der Waals surface area contributed by atoms with Crippen LogP contribution in [0, 0.1) is 62.7 Å². The van der Waals surface area contributed by atoms with Crippen molar-refractivity contribution in [3.63, 3.8) is 0 Å². The zero-order valence-electron chi connectivity index (χ0n) is 23.1. The summed E-state index contributed by atoms with van der Waals surface area (Å²) in [7, 11) is -0.818. The van der Waals surface area contributed by atoms with Crippen molar-refractivity contribution in [2.24, 2.45) is 0 Å². The number of aliphatic carboxylic acids is 1. The maximum atomic E-state index is 9.00. The molecule has 2 nitrogen and oxygen atoms in total. The molecule has 212 valence electrons. The van der Waals surface area contributed by atoms with Crippen LogP contribution in [0.2, 0.25) is 0 Å². The van der Waals surface area contributed by atoms with Gasteiger partial charge in [-0.15, -0.1) is 0 Å². The molecule has 2 fully saturated rings. The van der Waals surface area contributed by atoms with Crippen LogP contribution in [0.1, 0.15) is 6.92 Å². The van der Waals surface area contributed by atoms with E-state index in [1.54, 1.807) is 0 Å². The van der Waals surface area contributed by atoms with Gasteiger partial charge in [-0.05, 0) is 88.4 Å². The van der Waals surface area contributed by atoms with E-state index in [2.05, 4.69) is 173 Å². The second kappa shape index (κ2) is 20.4. The molecule has 0 heterocycles. The number of hydrogen-bond donors (Lipinski definition) is 1. The van der Waals surface area contributed by atoms with E-state index in [9.17, 15) is 0 Å². The molecular weight excluding hydrogens is 689 g/mol. The summed E-state index contributed by atoms with van der Waals surface area (Å²) in [5.41, 5.74) is 2.84. The predicted octanol–water partition coefficient (Wildman–Crippen LogP) is 7.05.